The first kappa shape index (κ1) is 20.9. The van der Waals surface area contributed by atoms with Crippen molar-refractivity contribution in [1.82, 2.24) is 5.32 Å². The summed E-state index contributed by atoms with van der Waals surface area (Å²) in [6.45, 7) is 4.47. The summed E-state index contributed by atoms with van der Waals surface area (Å²) in [5, 5.41) is 5.56. The maximum atomic E-state index is 12.9. The number of carbonyl (C=O) groups is 2. The average Bonchev–Trinajstić information content (AvgIpc) is 2.77. The summed E-state index contributed by atoms with van der Waals surface area (Å²) in [6, 6.07) is 23.5. The van der Waals surface area contributed by atoms with Gasteiger partial charge in [-0.15, -0.1) is 0 Å². The van der Waals surface area contributed by atoms with Crippen LogP contribution in [0.15, 0.2) is 84.6 Å². The Bertz CT molecular complexity index is 1020. The van der Waals surface area contributed by atoms with Gasteiger partial charge in [-0.25, -0.2) is 0 Å². The Morgan fingerprint density at radius 3 is 2.20 bits per heavy atom. The molecule has 5 heteroatoms. The van der Waals surface area contributed by atoms with Gasteiger partial charge in [0.2, 0.25) is 0 Å². The standard InChI is InChI=1S/C25H24N2O3/c1-3-30-22-15-11-19(12-16-22)17-23(27-24(28)20-7-5-4-6-8-20)25(29)26-21-13-9-18(2)10-14-21/h4-17H,3H2,1-2H3,(H,26,29)(H,27,28)/b23-17+. The van der Waals surface area contributed by atoms with Gasteiger partial charge in [-0.05, 0) is 61.9 Å². The lowest BCUT2D eigenvalue weighted by Gasteiger charge is -2.12. The molecule has 0 heterocycles. The second-order valence-corrected chi connectivity index (χ2v) is 6.70. The minimum atomic E-state index is -0.406. The Kier molecular flexibility index (Phi) is 7.00. The fourth-order valence-electron chi connectivity index (χ4n) is 2.77. The SMILES string of the molecule is CCOc1ccc(/C=C(/NC(=O)c2ccccc2)C(=O)Nc2ccc(C)cc2)cc1. The molecule has 0 saturated carbocycles. The highest BCUT2D eigenvalue weighted by Crippen LogP contribution is 2.16. The first-order chi connectivity index (χ1) is 14.5. The van der Waals surface area contributed by atoms with Gasteiger partial charge in [0.1, 0.15) is 11.4 Å². The van der Waals surface area contributed by atoms with Crippen molar-refractivity contribution in [2.24, 2.45) is 0 Å². The first-order valence-corrected chi connectivity index (χ1v) is 9.74. The zero-order valence-corrected chi connectivity index (χ0v) is 17.0. The van der Waals surface area contributed by atoms with Crippen LogP contribution in [-0.2, 0) is 4.79 Å². The molecule has 0 aliphatic rings. The molecule has 0 aliphatic carbocycles. The highest BCUT2D eigenvalue weighted by Gasteiger charge is 2.15. The van der Waals surface area contributed by atoms with E-state index in [2.05, 4.69) is 10.6 Å². The molecule has 3 aromatic rings. The van der Waals surface area contributed by atoms with Gasteiger partial charge in [0.15, 0.2) is 0 Å². The molecule has 0 unspecified atom stereocenters. The van der Waals surface area contributed by atoms with Crippen molar-refractivity contribution in [3.8, 4) is 5.75 Å². The summed E-state index contributed by atoms with van der Waals surface area (Å²) in [4.78, 5) is 25.6. The fraction of sp³-hybridized carbons (Fsp3) is 0.120. The first-order valence-electron chi connectivity index (χ1n) is 9.74. The van der Waals surface area contributed by atoms with Crippen LogP contribution in [0, 0.1) is 6.92 Å². The van der Waals surface area contributed by atoms with E-state index in [-0.39, 0.29) is 11.6 Å². The summed E-state index contributed by atoms with van der Waals surface area (Å²) in [6.07, 6.45) is 1.64. The summed E-state index contributed by atoms with van der Waals surface area (Å²) < 4.78 is 5.45. The maximum Gasteiger partial charge on any atom is 0.272 e. The number of aryl methyl sites for hydroxylation is 1. The number of carbonyl (C=O) groups excluding carboxylic acids is 2. The van der Waals surface area contributed by atoms with E-state index in [1.165, 1.54) is 0 Å². The van der Waals surface area contributed by atoms with E-state index in [4.69, 9.17) is 4.74 Å². The van der Waals surface area contributed by atoms with E-state index < -0.39 is 5.91 Å². The number of amides is 2. The van der Waals surface area contributed by atoms with Crippen molar-refractivity contribution in [3.63, 3.8) is 0 Å². The predicted molar refractivity (Wildman–Crippen MR) is 119 cm³/mol. The quantitative estimate of drug-likeness (QED) is 0.560. The Balaban J connectivity index is 1.85. The molecule has 0 aromatic heterocycles. The van der Waals surface area contributed by atoms with Crippen LogP contribution in [0.2, 0.25) is 0 Å². The molecule has 5 nitrogen and oxygen atoms in total. The topological polar surface area (TPSA) is 67.4 Å². The summed E-state index contributed by atoms with van der Waals surface area (Å²) in [5.74, 6) is -0.0162. The summed E-state index contributed by atoms with van der Waals surface area (Å²) >= 11 is 0. The van der Waals surface area contributed by atoms with Gasteiger partial charge >= 0.3 is 0 Å². The van der Waals surface area contributed by atoms with E-state index in [1.807, 2.05) is 68.4 Å². The number of nitrogens with one attached hydrogen (secondary N) is 2. The summed E-state index contributed by atoms with van der Waals surface area (Å²) in [7, 11) is 0. The van der Waals surface area contributed by atoms with Crippen LogP contribution < -0.4 is 15.4 Å². The number of hydrogen-bond donors (Lipinski definition) is 2. The van der Waals surface area contributed by atoms with Crippen molar-refractivity contribution in [3.05, 3.63) is 101 Å². The Morgan fingerprint density at radius 1 is 0.900 bits per heavy atom. The minimum Gasteiger partial charge on any atom is -0.494 e. The maximum absolute atomic E-state index is 12.9. The third-order valence-electron chi connectivity index (χ3n) is 4.34. The average molecular weight is 400 g/mol. The molecular weight excluding hydrogens is 376 g/mol. The normalized spacial score (nSPS) is 10.9. The Hall–Kier alpha value is -3.86. The lowest BCUT2D eigenvalue weighted by Crippen LogP contribution is -2.30. The van der Waals surface area contributed by atoms with E-state index in [0.29, 0.717) is 17.9 Å². The zero-order valence-electron chi connectivity index (χ0n) is 17.0. The highest BCUT2D eigenvalue weighted by molar-refractivity contribution is 6.10. The van der Waals surface area contributed by atoms with Crippen molar-refractivity contribution in [2.45, 2.75) is 13.8 Å². The second kappa shape index (κ2) is 10.1. The Labute approximate surface area is 176 Å². The van der Waals surface area contributed by atoms with Gasteiger partial charge in [0, 0.05) is 11.3 Å². The second-order valence-electron chi connectivity index (χ2n) is 6.70. The number of benzene rings is 3. The van der Waals surface area contributed by atoms with E-state index >= 15 is 0 Å². The smallest absolute Gasteiger partial charge is 0.272 e. The van der Waals surface area contributed by atoms with Gasteiger partial charge < -0.3 is 15.4 Å². The molecule has 0 saturated heterocycles. The molecule has 3 aromatic carbocycles. The van der Waals surface area contributed by atoms with Crippen LogP contribution in [0.5, 0.6) is 5.75 Å². The van der Waals surface area contributed by atoms with Gasteiger partial charge in [-0.3, -0.25) is 9.59 Å². The van der Waals surface area contributed by atoms with Gasteiger partial charge in [-0.1, -0.05) is 48.0 Å². The van der Waals surface area contributed by atoms with Crippen LogP contribution in [-0.4, -0.2) is 18.4 Å². The number of ether oxygens (including phenoxy) is 1. The van der Waals surface area contributed by atoms with Crippen molar-refractivity contribution in [1.29, 1.82) is 0 Å². The third-order valence-corrected chi connectivity index (χ3v) is 4.34. The number of anilines is 1. The lowest BCUT2D eigenvalue weighted by atomic mass is 10.1. The molecule has 0 atom stereocenters. The van der Waals surface area contributed by atoms with Crippen LogP contribution in [0.25, 0.3) is 6.08 Å². The molecule has 0 aliphatic heterocycles. The molecule has 0 fully saturated rings. The van der Waals surface area contributed by atoms with Gasteiger partial charge in [0.25, 0.3) is 11.8 Å². The van der Waals surface area contributed by atoms with Crippen LogP contribution in [0.3, 0.4) is 0 Å². The van der Waals surface area contributed by atoms with Crippen molar-refractivity contribution >= 4 is 23.6 Å². The zero-order chi connectivity index (χ0) is 21.3. The molecule has 30 heavy (non-hydrogen) atoms. The van der Waals surface area contributed by atoms with E-state index in [0.717, 1.165) is 16.9 Å². The third kappa shape index (κ3) is 5.82. The van der Waals surface area contributed by atoms with Crippen LogP contribution in [0.4, 0.5) is 5.69 Å². The molecule has 2 N–H and O–H groups in total. The molecule has 0 spiro atoms. The lowest BCUT2D eigenvalue weighted by molar-refractivity contribution is -0.113. The molecule has 2 amide bonds. The van der Waals surface area contributed by atoms with E-state index in [1.54, 1.807) is 30.3 Å². The van der Waals surface area contributed by atoms with Gasteiger partial charge in [0.05, 0.1) is 6.61 Å². The van der Waals surface area contributed by atoms with Crippen LogP contribution >= 0.6 is 0 Å². The predicted octanol–water partition coefficient (Wildman–Crippen LogP) is 4.80. The van der Waals surface area contributed by atoms with Gasteiger partial charge in [-0.2, -0.15) is 0 Å². The van der Waals surface area contributed by atoms with E-state index in [9.17, 15) is 9.59 Å². The number of rotatable bonds is 7. The number of hydrogen-bond acceptors (Lipinski definition) is 3. The fourth-order valence-corrected chi connectivity index (χ4v) is 2.77. The molecule has 3 rings (SSSR count). The Morgan fingerprint density at radius 2 is 1.57 bits per heavy atom. The van der Waals surface area contributed by atoms with Crippen molar-refractivity contribution < 1.29 is 14.3 Å². The minimum absolute atomic E-state index is 0.147. The summed E-state index contributed by atoms with van der Waals surface area (Å²) in [5.41, 5.74) is 3.13. The highest BCUT2D eigenvalue weighted by atomic mass is 16.5. The monoisotopic (exact) mass is 400 g/mol. The molecule has 152 valence electrons. The largest absolute Gasteiger partial charge is 0.494 e. The molecular formula is C25H24N2O3. The molecule has 0 bridgehead atoms. The van der Waals surface area contributed by atoms with Crippen molar-refractivity contribution in [2.75, 3.05) is 11.9 Å². The van der Waals surface area contributed by atoms with Crippen LogP contribution in [0.1, 0.15) is 28.4 Å². The molecule has 0 radical (unpaired) electrons.